The molecule has 3 aromatic carbocycles. The highest BCUT2D eigenvalue weighted by Gasteiger charge is 2.47. The molecule has 1 unspecified atom stereocenters. The van der Waals surface area contributed by atoms with Gasteiger partial charge in [-0.25, -0.2) is 0 Å². The van der Waals surface area contributed by atoms with Crippen LogP contribution in [0.2, 0.25) is 0 Å². The Morgan fingerprint density at radius 3 is 2.34 bits per heavy atom. The molecule has 1 aliphatic rings. The maximum Gasteiger partial charge on any atom is 0.573 e. The first kappa shape index (κ1) is 24.9. The third kappa shape index (κ3) is 5.40. The molecule has 0 spiro atoms. The molecule has 4 rings (SSSR count). The molecule has 1 N–H and O–H groups in total. The predicted octanol–water partition coefficient (Wildman–Crippen LogP) is 6.17. The van der Waals surface area contributed by atoms with Crippen LogP contribution in [0.25, 0.3) is 0 Å². The molecule has 0 bridgehead atoms. The van der Waals surface area contributed by atoms with E-state index in [1.807, 2.05) is 37.3 Å². The SMILES string of the molecule is Cc1cccc(C2(Cc3cccc(OC(F)(F)F)c3)CN(C[C@@H](O)C(F)(F)F)c3ccccc32)c1. The molecule has 9 heteroatoms. The first-order valence-corrected chi connectivity index (χ1v) is 10.9. The third-order valence-electron chi connectivity index (χ3n) is 6.20. The van der Waals surface area contributed by atoms with E-state index < -0.39 is 30.6 Å². The number of hydrogen-bond acceptors (Lipinski definition) is 3. The Morgan fingerprint density at radius 2 is 1.66 bits per heavy atom. The van der Waals surface area contributed by atoms with E-state index in [2.05, 4.69) is 4.74 Å². The molecule has 3 nitrogen and oxygen atoms in total. The van der Waals surface area contributed by atoms with Gasteiger partial charge in [-0.15, -0.1) is 13.2 Å². The van der Waals surface area contributed by atoms with E-state index in [1.54, 1.807) is 24.3 Å². The molecular formula is C26H23F6NO2. The molecule has 0 saturated carbocycles. The Balaban J connectivity index is 1.81. The zero-order chi connectivity index (χ0) is 25.4. The second-order valence-electron chi connectivity index (χ2n) is 8.78. The van der Waals surface area contributed by atoms with Gasteiger partial charge in [0.15, 0.2) is 6.10 Å². The quantitative estimate of drug-likeness (QED) is 0.416. The van der Waals surface area contributed by atoms with Gasteiger partial charge in [0.1, 0.15) is 5.75 Å². The number of aryl methyl sites for hydroxylation is 1. The van der Waals surface area contributed by atoms with E-state index in [-0.39, 0.29) is 18.7 Å². The smallest absolute Gasteiger partial charge is 0.406 e. The van der Waals surface area contributed by atoms with Crippen molar-refractivity contribution in [1.82, 2.24) is 0 Å². The Labute approximate surface area is 198 Å². The summed E-state index contributed by atoms with van der Waals surface area (Å²) in [6.45, 7) is 1.33. The summed E-state index contributed by atoms with van der Waals surface area (Å²) in [5, 5.41) is 9.80. The highest BCUT2D eigenvalue weighted by Crippen LogP contribution is 2.48. The number of fused-ring (bicyclic) bond motifs is 1. The number of hydrogen-bond donors (Lipinski definition) is 1. The summed E-state index contributed by atoms with van der Waals surface area (Å²) in [6, 6.07) is 20.1. The van der Waals surface area contributed by atoms with Crippen molar-refractivity contribution >= 4 is 5.69 Å². The summed E-state index contributed by atoms with van der Waals surface area (Å²) >= 11 is 0. The molecule has 0 aliphatic carbocycles. The van der Waals surface area contributed by atoms with Crippen LogP contribution in [0, 0.1) is 6.92 Å². The Hall–Kier alpha value is -3.20. The minimum Gasteiger partial charge on any atom is -0.406 e. The number of nitrogens with zero attached hydrogens (tertiary/aromatic N) is 1. The first-order valence-electron chi connectivity index (χ1n) is 10.9. The second kappa shape index (κ2) is 9.11. The maximum absolute atomic E-state index is 13.2. The highest BCUT2D eigenvalue weighted by molar-refractivity contribution is 5.67. The zero-order valence-electron chi connectivity index (χ0n) is 18.7. The van der Waals surface area contributed by atoms with Gasteiger partial charge in [0, 0.05) is 17.6 Å². The average Bonchev–Trinajstić information content (AvgIpc) is 3.06. The fraction of sp³-hybridized carbons (Fsp3) is 0.308. The molecule has 0 aromatic heterocycles. The van der Waals surface area contributed by atoms with E-state index in [0.717, 1.165) is 16.7 Å². The molecule has 0 amide bonds. The van der Waals surface area contributed by atoms with E-state index in [1.165, 1.54) is 23.1 Å². The number of alkyl halides is 6. The fourth-order valence-electron chi connectivity index (χ4n) is 4.77. The van der Waals surface area contributed by atoms with Gasteiger partial charge in [-0.1, -0.05) is 60.2 Å². The van der Waals surface area contributed by atoms with Gasteiger partial charge in [0.25, 0.3) is 0 Å². The van der Waals surface area contributed by atoms with Crippen LogP contribution in [0.3, 0.4) is 0 Å². The zero-order valence-corrected chi connectivity index (χ0v) is 18.7. The van der Waals surface area contributed by atoms with Crippen molar-refractivity contribution in [2.24, 2.45) is 0 Å². The number of β-amino-alcohol motifs (C(OH)–C–C–N with tert-alkyl or cyclic N) is 1. The van der Waals surface area contributed by atoms with Gasteiger partial charge in [-0.05, 0) is 48.2 Å². The van der Waals surface area contributed by atoms with E-state index in [9.17, 15) is 31.4 Å². The molecule has 0 saturated heterocycles. The Kier molecular flexibility index (Phi) is 6.48. The lowest BCUT2D eigenvalue weighted by molar-refractivity contribution is -0.274. The monoisotopic (exact) mass is 495 g/mol. The van der Waals surface area contributed by atoms with Crippen LogP contribution < -0.4 is 9.64 Å². The van der Waals surface area contributed by atoms with E-state index in [0.29, 0.717) is 11.3 Å². The van der Waals surface area contributed by atoms with Crippen molar-refractivity contribution in [1.29, 1.82) is 0 Å². The second-order valence-corrected chi connectivity index (χ2v) is 8.78. The summed E-state index contributed by atoms with van der Waals surface area (Å²) in [5.41, 5.74) is 2.69. The number of ether oxygens (including phenoxy) is 1. The summed E-state index contributed by atoms with van der Waals surface area (Å²) in [6.07, 6.45) is -12.0. The van der Waals surface area contributed by atoms with Gasteiger partial charge < -0.3 is 14.7 Å². The molecule has 3 aromatic rings. The topological polar surface area (TPSA) is 32.7 Å². The van der Waals surface area contributed by atoms with Crippen LogP contribution in [0.15, 0.2) is 72.8 Å². The molecule has 0 fully saturated rings. The van der Waals surface area contributed by atoms with Gasteiger partial charge in [0.2, 0.25) is 0 Å². The summed E-state index contributed by atoms with van der Waals surface area (Å²) in [7, 11) is 0. The number of aliphatic hydroxyl groups is 1. The van der Waals surface area contributed by atoms with Crippen LogP contribution >= 0.6 is 0 Å². The third-order valence-corrected chi connectivity index (χ3v) is 6.20. The first-order chi connectivity index (χ1) is 16.4. The van der Waals surface area contributed by atoms with Crippen molar-refractivity contribution < 1.29 is 36.2 Å². The van der Waals surface area contributed by atoms with Crippen LogP contribution in [0.1, 0.15) is 22.3 Å². The highest BCUT2D eigenvalue weighted by atomic mass is 19.4. The standard InChI is InChI=1S/C26H23F6NO2/c1-17-6-4-8-19(12-17)24(14-18-7-5-9-20(13-18)35-26(30,31)32)16-33(15-23(34)25(27,28)29)22-11-3-2-10-21(22)24/h2-13,23,34H,14-16H2,1H3/t23-,24?/m1/s1. The molecule has 186 valence electrons. The van der Waals surface area contributed by atoms with Crippen LogP contribution in [0.5, 0.6) is 5.75 Å². The predicted molar refractivity (Wildman–Crippen MR) is 120 cm³/mol. The van der Waals surface area contributed by atoms with Gasteiger partial charge in [-0.2, -0.15) is 13.2 Å². The molecule has 2 atom stereocenters. The fourth-order valence-corrected chi connectivity index (χ4v) is 4.77. The maximum atomic E-state index is 13.2. The molecule has 1 heterocycles. The van der Waals surface area contributed by atoms with Crippen LogP contribution in [-0.2, 0) is 11.8 Å². The number of rotatable bonds is 6. The number of anilines is 1. The van der Waals surface area contributed by atoms with Crippen molar-refractivity contribution in [3.05, 3.63) is 95.1 Å². The van der Waals surface area contributed by atoms with E-state index in [4.69, 9.17) is 0 Å². The number of para-hydroxylation sites is 1. The summed E-state index contributed by atoms with van der Waals surface area (Å²) in [4.78, 5) is 1.49. The largest absolute Gasteiger partial charge is 0.573 e. The lowest BCUT2D eigenvalue weighted by atomic mass is 9.71. The molecule has 35 heavy (non-hydrogen) atoms. The van der Waals surface area contributed by atoms with Crippen molar-refractivity contribution in [2.75, 3.05) is 18.0 Å². The average molecular weight is 495 g/mol. The van der Waals surface area contributed by atoms with Crippen molar-refractivity contribution in [2.45, 2.75) is 37.4 Å². The Bertz CT molecular complexity index is 1190. The molecular weight excluding hydrogens is 472 g/mol. The summed E-state index contributed by atoms with van der Waals surface area (Å²) < 4.78 is 82.0. The van der Waals surface area contributed by atoms with Crippen molar-refractivity contribution in [3.8, 4) is 5.75 Å². The Morgan fingerprint density at radius 1 is 0.943 bits per heavy atom. The summed E-state index contributed by atoms with van der Waals surface area (Å²) in [5.74, 6) is -0.370. The van der Waals surface area contributed by atoms with Crippen LogP contribution in [0.4, 0.5) is 32.0 Å². The van der Waals surface area contributed by atoms with E-state index >= 15 is 0 Å². The number of aliphatic hydroxyl groups excluding tert-OH is 1. The van der Waals surface area contributed by atoms with Gasteiger partial charge >= 0.3 is 12.5 Å². The molecule has 1 aliphatic heterocycles. The lowest BCUT2D eigenvalue weighted by Gasteiger charge is -2.33. The van der Waals surface area contributed by atoms with Gasteiger partial charge in [-0.3, -0.25) is 0 Å². The lowest BCUT2D eigenvalue weighted by Crippen LogP contribution is -2.44. The van der Waals surface area contributed by atoms with Crippen molar-refractivity contribution in [3.63, 3.8) is 0 Å². The normalized spacial score (nSPS) is 18.9. The number of benzene rings is 3. The molecule has 0 radical (unpaired) electrons. The minimum atomic E-state index is -4.85. The van der Waals surface area contributed by atoms with Gasteiger partial charge in [0.05, 0.1) is 6.54 Å². The number of halogens is 6. The van der Waals surface area contributed by atoms with Crippen LogP contribution in [-0.4, -0.2) is 36.8 Å². The minimum absolute atomic E-state index is 0.104.